The summed E-state index contributed by atoms with van der Waals surface area (Å²) in [6.07, 6.45) is 0.436. The van der Waals surface area contributed by atoms with Crippen molar-refractivity contribution in [1.29, 1.82) is 0 Å². The molecule has 0 aliphatic carbocycles. The largest absolute Gasteiger partial charge is 0.389 e. The summed E-state index contributed by atoms with van der Waals surface area (Å²) >= 11 is 4.87. The zero-order valence-electron chi connectivity index (χ0n) is 7.91. The summed E-state index contributed by atoms with van der Waals surface area (Å²) in [7, 11) is 0. The van der Waals surface area contributed by atoms with Crippen LogP contribution in [0.1, 0.15) is 18.9 Å². The van der Waals surface area contributed by atoms with E-state index in [0.717, 1.165) is 0 Å². The third-order valence-electron chi connectivity index (χ3n) is 1.79. The second-order valence-electron chi connectivity index (χ2n) is 2.81. The lowest BCUT2D eigenvalue weighted by molar-refractivity contribution is -0.115. The van der Waals surface area contributed by atoms with Gasteiger partial charge >= 0.3 is 0 Å². The van der Waals surface area contributed by atoms with E-state index in [0.29, 0.717) is 17.7 Å². The molecule has 0 saturated carbocycles. The fourth-order valence-electron chi connectivity index (χ4n) is 1.05. The molecule has 1 aromatic rings. The van der Waals surface area contributed by atoms with E-state index in [1.165, 1.54) is 0 Å². The molecule has 3 nitrogen and oxygen atoms in total. The molecule has 1 rings (SSSR count). The van der Waals surface area contributed by atoms with Crippen LogP contribution in [0.3, 0.4) is 0 Å². The maximum Gasteiger partial charge on any atom is 0.224 e. The van der Waals surface area contributed by atoms with Crippen LogP contribution >= 0.6 is 12.2 Å². The number of carbonyl (C=O) groups is 1. The van der Waals surface area contributed by atoms with Crippen LogP contribution in [0.5, 0.6) is 0 Å². The first kappa shape index (κ1) is 10.7. The van der Waals surface area contributed by atoms with Gasteiger partial charge < -0.3 is 11.1 Å². The van der Waals surface area contributed by atoms with Crippen molar-refractivity contribution in [2.24, 2.45) is 5.73 Å². The van der Waals surface area contributed by atoms with E-state index in [1.807, 2.05) is 12.1 Å². The molecule has 0 heterocycles. The second kappa shape index (κ2) is 4.72. The minimum atomic E-state index is -0.0475. The fraction of sp³-hybridized carbons (Fsp3) is 0.200. The Morgan fingerprint density at radius 3 is 2.71 bits per heavy atom. The molecule has 3 N–H and O–H groups in total. The van der Waals surface area contributed by atoms with Gasteiger partial charge in [0.15, 0.2) is 0 Å². The number of nitrogens with one attached hydrogen (secondary N) is 1. The number of benzene rings is 1. The monoisotopic (exact) mass is 208 g/mol. The van der Waals surface area contributed by atoms with E-state index in [-0.39, 0.29) is 10.9 Å². The molecule has 0 atom stereocenters. The van der Waals surface area contributed by atoms with Gasteiger partial charge in [0.2, 0.25) is 5.91 Å². The zero-order chi connectivity index (χ0) is 10.6. The van der Waals surface area contributed by atoms with E-state index in [1.54, 1.807) is 19.1 Å². The number of para-hydroxylation sites is 1. The second-order valence-corrected chi connectivity index (χ2v) is 3.25. The van der Waals surface area contributed by atoms with Gasteiger partial charge in [-0.3, -0.25) is 4.79 Å². The highest BCUT2D eigenvalue weighted by Gasteiger charge is 2.05. The molecular formula is C10H12N2OS. The Labute approximate surface area is 88.3 Å². The van der Waals surface area contributed by atoms with Crippen LogP contribution in [0.25, 0.3) is 0 Å². The molecular weight excluding hydrogens is 196 g/mol. The summed E-state index contributed by atoms with van der Waals surface area (Å²) in [6.45, 7) is 1.79. The Balaban J connectivity index is 2.95. The van der Waals surface area contributed by atoms with Crippen molar-refractivity contribution < 1.29 is 4.79 Å². The number of anilines is 1. The average molecular weight is 208 g/mol. The smallest absolute Gasteiger partial charge is 0.224 e. The molecule has 0 aliphatic rings. The fourth-order valence-corrected chi connectivity index (χ4v) is 1.22. The van der Waals surface area contributed by atoms with Crippen molar-refractivity contribution in [3.05, 3.63) is 29.8 Å². The van der Waals surface area contributed by atoms with Crippen LogP contribution in [0, 0.1) is 0 Å². The molecule has 0 saturated heterocycles. The summed E-state index contributed by atoms with van der Waals surface area (Å²) in [4.78, 5) is 11.4. The minimum Gasteiger partial charge on any atom is -0.389 e. The minimum absolute atomic E-state index is 0.0475. The van der Waals surface area contributed by atoms with Crippen molar-refractivity contribution in [3.8, 4) is 0 Å². The highest BCUT2D eigenvalue weighted by atomic mass is 32.1. The maximum absolute atomic E-state index is 11.2. The maximum atomic E-state index is 11.2. The van der Waals surface area contributed by atoms with E-state index in [2.05, 4.69) is 5.32 Å². The quantitative estimate of drug-likeness (QED) is 0.743. The highest BCUT2D eigenvalue weighted by molar-refractivity contribution is 7.80. The van der Waals surface area contributed by atoms with Gasteiger partial charge in [0.05, 0.1) is 5.69 Å². The van der Waals surface area contributed by atoms with Gasteiger partial charge in [-0.2, -0.15) is 0 Å². The number of thiocarbonyl (C=S) groups is 1. The summed E-state index contributed by atoms with van der Waals surface area (Å²) in [5.41, 5.74) is 6.88. The van der Waals surface area contributed by atoms with E-state index in [4.69, 9.17) is 18.0 Å². The molecule has 0 radical (unpaired) electrons. The lowest BCUT2D eigenvalue weighted by Crippen LogP contribution is -2.16. The van der Waals surface area contributed by atoms with Gasteiger partial charge in [-0.1, -0.05) is 31.3 Å². The SMILES string of the molecule is CCC(=O)Nc1ccccc1C(N)=S. The van der Waals surface area contributed by atoms with Crippen LogP contribution in [0.4, 0.5) is 5.69 Å². The van der Waals surface area contributed by atoms with Gasteiger partial charge in [-0.15, -0.1) is 0 Å². The third-order valence-corrected chi connectivity index (χ3v) is 2.01. The van der Waals surface area contributed by atoms with Crippen LogP contribution in [0.15, 0.2) is 24.3 Å². The van der Waals surface area contributed by atoms with E-state index >= 15 is 0 Å². The Morgan fingerprint density at radius 2 is 2.14 bits per heavy atom. The predicted octanol–water partition coefficient (Wildman–Crippen LogP) is 1.67. The zero-order valence-corrected chi connectivity index (χ0v) is 8.73. The lowest BCUT2D eigenvalue weighted by atomic mass is 10.1. The van der Waals surface area contributed by atoms with Gasteiger partial charge in [0.1, 0.15) is 4.99 Å². The van der Waals surface area contributed by atoms with Gasteiger partial charge in [0.25, 0.3) is 0 Å². The number of carbonyl (C=O) groups excluding carboxylic acids is 1. The Bertz CT molecular complexity index is 363. The first-order valence-corrected chi connectivity index (χ1v) is 4.74. The lowest BCUT2D eigenvalue weighted by Gasteiger charge is -2.08. The van der Waals surface area contributed by atoms with Crippen LogP contribution < -0.4 is 11.1 Å². The number of nitrogens with two attached hydrogens (primary N) is 1. The molecule has 0 aromatic heterocycles. The molecule has 1 aromatic carbocycles. The summed E-state index contributed by atoms with van der Waals surface area (Å²) in [5, 5.41) is 2.74. The Morgan fingerprint density at radius 1 is 1.50 bits per heavy atom. The molecule has 0 bridgehead atoms. The van der Waals surface area contributed by atoms with Crippen LogP contribution in [-0.2, 0) is 4.79 Å². The molecule has 0 aliphatic heterocycles. The standard InChI is InChI=1S/C10H12N2OS/c1-2-9(13)12-8-6-4-3-5-7(8)10(11)14/h3-6H,2H2,1H3,(H2,11,14)(H,12,13). The average Bonchev–Trinajstić information content (AvgIpc) is 2.18. The molecule has 4 heteroatoms. The van der Waals surface area contributed by atoms with Crippen LogP contribution in [0.2, 0.25) is 0 Å². The van der Waals surface area contributed by atoms with Crippen molar-refractivity contribution in [1.82, 2.24) is 0 Å². The van der Waals surface area contributed by atoms with E-state index in [9.17, 15) is 4.79 Å². The van der Waals surface area contributed by atoms with Crippen molar-refractivity contribution >= 4 is 28.8 Å². The van der Waals surface area contributed by atoms with Gasteiger partial charge in [-0.05, 0) is 12.1 Å². The molecule has 74 valence electrons. The first-order chi connectivity index (χ1) is 6.65. The first-order valence-electron chi connectivity index (χ1n) is 4.33. The van der Waals surface area contributed by atoms with Gasteiger partial charge in [0, 0.05) is 12.0 Å². The third kappa shape index (κ3) is 2.53. The number of amides is 1. The van der Waals surface area contributed by atoms with Crippen molar-refractivity contribution in [3.63, 3.8) is 0 Å². The number of rotatable bonds is 3. The number of hydrogen-bond acceptors (Lipinski definition) is 2. The predicted molar refractivity (Wildman–Crippen MR) is 61.3 cm³/mol. The molecule has 0 spiro atoms. The van der Waals surface area contributed by atoms with Crippen molar-refractivity contribution in [2.75, 3.05) is 5.32 Å². The molecule has 0 fully saturated rings. The topological polar surface area (TPSA) is 55.1 Å². The Kier molecular flexibility index (Phi) is 3.59. The van der Waals surface area contributed by atoms with Crippen LogP contribution in [-0.4, -0.2) is 10.9 Å². The summed E-state index contributed by atoms with van der Waals surface area (Å²) < 4.78 is 0. The normalized spacial score (nSPS) is 9.50. The molecule has 1 amide bonds. The van der Waals surface area contributed by atoms with E-state index < -0.39 is 0 Å². The molecule has 14 heavy (non-hydrogen) atoms. The van der Waals surface area contributed by atoms with Crippen molar-refractivity contribution in [2.45, 2.75) is 13.3 Å². The number of hydrogen-bond donors (Lipinski definition) is 2. The van der Waals surface area contributed by atoms with Gasteiger partial charge in [-0.25, -0.2) is 0 Å². The summed E-state index contributed by atoms with van der Waals surface area (Å²) in [5.74, 6) is -0.0475. The molecule has 0 unspecified atom stereocenters. The Hall–Kier alpha value is -1.42. The summed E-state index contributed by atoms with van der Waals surface area (Å²) in [6, 6.07) is 7.22. The highest BCUT2D eigenvalue weighted by Crippen LogP contribution is 2.14.